The first-order valence-corrected chi connectivity index (χ1v) is 20.8. The molecule has 0 aliphatic heterocycles. The predicted octanol–water partition coefficient (Wildman–Crippen LogP) is 14.8. The first kappa shape index (κ1) is 35.5. The van der Waals surface area contributed by atoms with Gasteiger partial charge in [0.2, 0.25) is 0 Å². The average Bonchev–Trinajstić information content (AvgIpc) is 3.94. The number of pyridine rings is 1. The molecular formula is C57H36N4O. The first-order chi connectivity index (χ1) is 30.7. The van der Waals surface area contributed by atoms with E-state index in [1.807, 2.05) is 30.3 Å². The van der Waals surface area contributed by atoms with E-state index in [1.165, 1.54) is 0 Å². The molecule has 0 aliphatic rings. The normalized spacial score (nSPS) is 11.5. The number of rotatable bonds is 7. The standard InChI is InChI=1S/C57H36N4O/c1-4-16-37(17-5-1)51-34-42-22-10-11-27-46(42)56-54(38-18-6-2-7-19-38)55(60-61(51)56)45-26-15-25-44(33-45)50-36-49(58-57(59-50)39-20-8-3-9-21-39)43-24-14-23-40(32-43)41-30-31-48-47-28-12-13-29-52(47)62-53(48)35-41/h1-36H. The van der Waals surface area contributed by atoms with Crippen LogP contribution in [-0.4, -0.2) is 19.6 Å². The molecule has 12 rings (SSSR count). The molecule has 8 aromatic carbocycles. The van der Waals surface area contributed by atoms with Crippen LogP contribution in [0.3, 0.4) is 0 Å². The molecular weight excluding hydrogens is 757 g/mol. The number of furan rings is 1. The van der Waals surface area contributed by atoms with E-state index >= 15 is 0 Å². The molecule has 4 aromatic heterocycles. The third-order valence-corrected chi connectivity index (χ3v) is 11.8. The second-order valence-electron chi connectivity index (χ2n) is 15.6. The topological polar surface area (TPSA) is 56.2 Å². The minimum absolute atomic E-state index is 0.661. The van der Waals surface area contributed by atoms with Crippen LogP contribution < -0.4 is 0 Å². The van der Waals surface area contributed by atoms with Crippen molar-refractivity contribution in [3.05, 3.63) is 218 Å². The van der Waals surface area contributed by atoms with Crippen molar-refractivity contribution in [1.29, 1.82) is 0 Å². The van der Waals surface area contributed by atoms with Gasteiger partial charge in [-0.1, -0.05) is 176 Å². The highest BCUT2D eigenvalue weighted by molar-refractivity contribution is 6.09. The molecule has 0 unspecified atom stereocenters. The molecule has 0 radical (unpaired) electrons. The molecule has 0 spiro atoms. The molecule has 5 nitrogen and oxygen atoms in total. The maximum atomic E-state index is 6.27. The van der Waals surface area contributed by atoms with Crippen LogP contribution in [0.15, 0.2) is 223 Å². The van der Waals surface area contributed by atoms with Crippen molar-refractivity contribution in [3.8, 4) is 78.7 Å². The molecule has 5 heteroatoms. The highest BCUT2D eigenvalue weighted by Gasteiger charge is 2.22. The Labute approximate surface area is 357 Å². The first-order valence-electron chi connectivity index (χ1n) is 20.8. The summed E-state index contributed by atoms with van der Waals surface area (Å²) in [7, 11) is 0. The molecule has 0 saturated carbocycles. The van der Waals surface area contributed by atoms with Crippen molar-refractivity contribution in [3.63, 3.8) is 0 Å². The molecule has 0 fully saturated rings. The summed E-state index contributed by atoms with van der Waals surface area (Å²) >= 11 is 0. The number of nitrogens with zero attached hydrogens (tertiary/aromatic N) is 4. The van der Waals surface area contributed by atoms with Crippen LogP contribution in [0.2, 0.25) is 0 Å². The minimum atomic E-state index is 0.661. The monoisotopic (exact) mass is 792 g/mol. The summed E-state index contributed by atoms with van der Waals surface area (Å²) in [5.41, 5.74) is 15.8. The van der Waals surface area contributed by atoms with Gasteiger partial charge in [-0.15, -0.1) is 0 Å². The van der Waals surface area contributed by atoms with E-state index in [1.54, 1.807) is 0 Å². The number of para-hydroxylation sites is 1. The van der Waals surface area contributed by atoms with Gasteiger partial charge >= 0.3 is 0 Å². The predicted molar refractivity (Wildman–Crippen MR) is 254 cm³/mol. The lowest BCUT2D eigenvalue weighted by molar-refractivity contribution is 0.669. The molecule has 0 N–H and O–H groups in total. The molecule has 0 bridgehead atoms. The van der Waals surface area contributed by atoms with Crippen LogP contribution in [-0.2, 0) is 0 Å². The van der Waals surface area contributed by atoms with E-state index in [0.717, 1.165) is 111 Å². The van der Waals surface area contributed by atoms with E-state index in [0.29, 0.717) is 5.82 Å². The Balaban J connectivity index is 1.03. The lowest BCUT2D eigenvalue weighted by Crippen LogP contribution is -1.96. The Morgan fingerprint density at radius 3 is 1.65 bits per heavy atom. The summed E-state index contributed by atoms with van der Waals surface area (Å²) in [4.78, 5) is 10.4. The summed E-state index contributed by atoms with van der Waals surface area (Å²) in [6.45, 7) is 0. The Hall–Kier alpha value is -8.41. The third-order valence-electron chi connectivity index (χ3n) is 11.8. The fourth-order valence-corrected chi connectivity index (χ4v) is 8.83. The minimum Gasteiger partial charge on any atom is -0.456 e. The van der Waals surface area contributed by atoms with E-state index in [2.05, 4.69) is 193 Å². The fraction of sp³-hybridized carbons (Fsp3) is 0. The summed E-state index contributed by atoms with van der Waals surface area (Å²) in [6, 6.07) is 76.2. The van der Waals surface area contributed by atoms with Crippen LogP contribution in [0.1, 0.15) is 0 Å². The van der Waals surface area contributed by atoms with Gasteiger partial charge in [0.25, 0.3) is 0 Å². The lowest BCUT2D eigenvalue weighted by atomic mass is 9.95. The number of hydrogen-bond acceptors (Lipinski definition) is 4. The lowest BCUT2D eigenvalue weighted by Gasteiger charge is -2.12. The molecule has 0 amide bonds. The van der Waals surface area contributed by atoms with E-state index in [4.69, 9.17) is 19.5 Å². The van der Waals surface area contributed by atoms with Gasteiger partial charge in [-0.2, -0.15) is 5.10 Å². The van der Waals surface area contributed by atoms with E-state index in [9.17, 15) is 0 Å². The summed E-state index contributed by atoms with van der Waals surface area (Å²) in [5.74, 6) is 0.661. The Morgan fingerprint density at radius 2 is 0.903 bits per heavy atom. The Bertz CT molecular complexity index is 3630. The van der Waals surface area contributed by atoms with Crippen LogP contribution in [0, 0.1) is 0 Å². The van der Waals surface area contributed by atoms with Crippen molar-refractivity contribution < 1.29 is 4.42 Å². The van der Waals surface area contributed by atoms with E-state index < -0.39 is 0 Å². The molecule has 0 saturated heterocycles. The van der Waals surface area contributed by atoms with Gasteiger partial charge in [0.05, 0.1) is 22.6 Å². The fourth-order valence-electron chi connectivity index (χ4n) is 8.83. The van der Waals surface area contributed by atoms with Gasteiger partial charge in [0.1, 0.15) is 16.9 Å². The van der Waals surface area contributed by atoms with Gasteiger partial charge in [-0.3, -0.25) is 0 Å². The highest BCUT2D eigenvalue weighted by atomic mass is 16.3. The molecule has 290 valence electrons. The Morgan fingerprint density at radius 1 is 0.355 bits per heavy atom. The Kier molecular flexibility index (Phi) is 8.42. The van der Waals surface area contributed by atoms with Crippen LogP contribution in [0.25, 0.3) is 117 Å². The second kappa shape index (κ2) is 14.7. The highest BCUT2D eigenvalue weighted by Crippen LogP contribution is 2.42. The van der Waals surface area contributed by atoms with Crippen molar-refractivity contribution in [2.75, 3.05) is 0 Å². The zero-order valence-electron chi connectivity index (χ0n) is 33.5. The number of hydrogen-bond donors (Lipinski definition) is 0. The zero-order chi connectivity index (χ0) is 41.0. The van der Waals surface area contributed by atoms with Gasteiger partial charge in [0, 0.05) is 49.5 Å². The molecule has 12 aromatic rings. The average molecular weight is 793 g/mol. The SMILES string of the molecule is c1ccc(-c2nc(-c3cccc(-c4ccc5c(c4)oc4ccccc45)c3)cc(-c3cccc(-c4nn5c(-c6ccccc6)cc6ccccc6c5c4-c4ccccc4)c3)n2)cc1. The zero-order valence-corrected chi connectivity index (χ0v) is 33.5. The van der Waals surface area contributed by atoms with Crippen molar-refractivity contribution in [2.24, 2.45) is 0 Å². The van der Waals surface area contributed by atoms with Gasteiger partial charge in [0.15, 0.2) is 5.82 Å². The van der Waals surface area contributed by atoms with Crippen LogP contribution in [0.5, 0.6) is 0 Å². The van der Waals surface area contributed by atoms with Gasteiger partial charge in [-0.05, 0) is 64.5 Å². The molecule has 62 heavy (non-hydrogen) atoms. The van der Waals surface area contributed by atoms with Crippen molar-refractivity contribution in [2.45, 2.75) is 0 Å². The van der Waals surface area contributed by atoms with Crippen molar-refractivity contribution >= 4 is 38.2 Å². The number of benzene rings is 8. The second-order valence-corrected chi connectivity index (χ2v) is 15.6. The molecule has 4 heterocycles. The molecule has 0 atom stereocenters. The van der Waals surface area contributed by atoms with E-state index in [-0.39, 0.29) is 0 Å². The van der Waals surface area contributed by atoms with Crippen molar-refractivity contribution in [1.82, 2.24) is 19.6 Å². The third kappa shape index (κ3) is 6.14. The van der Waals surface area contributed by atoms with Gasteiger partial charge < -0.3 is 4.42 Å². The van der Waals surface area contributed by atoms with Crippen LogP contribution in [0.4, 0.5) is 0 Å². The smallest absolute Gasteiger partial charge is 0.160 e. The summed E-state index contributed by atoms with van der Waals surface area (Å²) in [5, 5.41) is 10.0. The maximum absolute atomic E-state index is 6.27. The summed E-state index contributed by atoms with van der Waals surface area (Å²) < 4.78 is 8.40. The molecule has 0 aliphatic carbocycles. The van der Waals surface area contributed by atoms with Crippen LogP contribution >= 0.6 is 0 Å². The quantitative estimate of drug-likeness (QED) is 0.161. The summed E-state index contributed by atoms with van der Waals surface area (Å²) in [6.07, 6.45) is 0. The number of aromatic nitrogens is 4. The largest absolute Gasteiger partial charge is 0.456 e. The number of fused-ring (bicyclic) bond motifs is 6. The van der Waals surface area contributed by atoms with Gasteiger partial charge in [-0.25, -0.2) is 14.5 Å². The maximum Gasteiger partial charge on any atom is 0.160 e.